The molecule has 4 heteroatoms. The SMILES string of the molecule is OC(c1ccc(Cl)c(F)c1)[C@H]1CCCN1. The van der Waals surface area contributed by atoms with Crippen LogP contribution in [0.25, 0.3) is 0 Å². The van der Waals surface area contributed by atoms with Crippen molar-refractivity contribution in [2.24, 2.45) is 0 Å². The van der Waals surface area contributed by atoms with Crippen molar-refractivity contribution in [3.8, 4) is 0 Å². The van der Waals surface area contributed by atoms with E-state index in [0.717, 1.165) is 19.4 Å². The maximum Gasteiger partial charge on any atom is 0.142 e. The van der Waals surface area contributed by atoms with E-state index in [2.05, 4.69) is 5.32 Å². The van der Waals surface area contributed by atoms with Crippen LogP contribution in [0.4, 0.5) is 4.39 Å². The maximum atomic E-state index is 13.2. The lowest BCUT2D eigenvalue weighted by atomic mass is 10.0. The quantitative estimate of drug-likeness (QED) is 0.816. The first-order chi connectivity index (χ1) is 7.18. The number of nitrogens with one attached hydrogen (secondary N) is 1. The third-order valence-electron chi connectivity index (χ3n) is 2.76. The predicted octanol–water partition coefficient (Wildman–Crippen LogP) is 2.26. The van der Waals surface area contributed by atoms with Crippen molar-refractivity contribution in [3.63, 3.8) is 0 Å². The van der Waals surface area contributed by atoms with Crippen LogP contribution in [0.3, 0.4) is 0 Å². The van der Waals surface area contributed by atoms with Gasteiger partial charge in [0.05, 0.1) is 11.1 Å². The zero-order chi connectivity index (χ0) is 10.8. The van der Waals surface area contributed by atoms with Crippen LogP contribution in [0.2, 0.25) is 5.02 Å². The van der Waals surface area contributed by atoms with Gasteiger partial charge >= 0.3 is 0 Å². The van der Waals surface area contributed by atoms with Crippen LogP contribution in [0.1, 0.15) is 24.5 Å². The fourth-order valence-electron chi connectivity index (χ4n) is 1.91. The van der Waals surface area contributed by atoms with Crippen molar-refractivity contribution in [1.82, 2.24) is 5.32 Å². The number of hydrogen-bond donors (Lipinski definition) is 2. The summed E-state index contributed by atoms with van der Waals surface area (Å²) in [5.74, 6) is -0.480. The van der Waals surface area contributed by atoms with Gasteiger partial charge in [-0.3, -0.25) is 0 Å². The summed E-state index contributed by atoms with van der Waals surface area (Å²) < 4.78 is 13.2. The molecule has 1 aliphatic rings. The molecule has 0 spiro atoms. The number of hydrogen-bond acceptors (Lipinski definition) is 2. The molecule has 0 radical (unpaired) electrons. The molecule has 1 aromatic carbocycles. The highest BCUT2D eigenvalue weighted by molar-refractivity contribution is 6.30. The molecule has 15 heavy (non-hydrogen) atoms. The normalized spacial score (nSPS) is 23.0. The fourth-order valence-corrected chi connectivity index (χ4v) is 2.03. The molecule has 2 N–H and O–H groups in total. The van der Waals surface area contributed by atoms with E-state index >= 15 is 0 Å². The molecule has 0 aliphatic carbocycles. The molecule has 0 aromatic heterocycles. The van der Waals surface area contributed by atoms with Gasteiger partial charge in [-0.1, -0.05) is 17.7 Å². The lowest BCUT2D eigenvalue weighted by molar-refractivity contribution is 0.137. The van der Waals surface area contributed by atoms with Crippen molar-refractivity contribution in [2.75, 3.05) is 6.54 Å². The van der Waals surface area contributed by atoms with Gasteiger partial charge in [0, 0.05) is 6.04 Å². The highest BCUT2D eigenvalue weighted by Gasteiger charge is 2.24. The summed E-state index contributed by atoms with van der Waals surface area (Å²) in [6.07, 6.45) is 1.32. The summed E-state index contributed by atoms with van der Waals surface area (Å²) in [5.41, 5.74) is 0.580. The Morgan fingerprint density at radius 3 is 2.93 bits per heavy atom. The molecular weight excluding hydrogens is 217 g/mol. The molecule has 0 amide bonds. The topological polar surface area (TPSA) is 32.3 Å². The second-order valence-corrected chi connectivity index (χ2v) is 4.23. The summed E-state index contributed by atoms with van der Waals surface area (Å²) in [7, 11) is 0. The van der Waals surface area contributed by atoms with E-state index in [0.29, 0.717) is 5.56 Å². The Bertz CT molecular complexity index is 352. The number of aliphatic hydroxyl groups is 1. The van der Waals surface area contributed by atoms with Crippen molar-refractivity contribution in [3.05, 3.63) is 34.6 Å². The van der Waals surface area contributed by atoms with Gasteiger partial charge in [-0.2, -0.15) is 0 Å². The Hall–Kier alpha value is -0.640. The van der Waals surface area contributed by atoms with Crippen molar-refractivity contribution in [2.45, 2.75) is 25.0 Å². The molecule has 82 valence electrons. The Kier molecular flexibility index (Phi) is 3.24. The van der Waals surface area contributed by atoms with Crippen LogP contribution in [0.15, 0.2) is 18.2 Å². The third kappa shape index (κ3) is 2.30. The molecule has 1 saturated heterocycles. The molecule has 0 bridgehead atoms. The Labute approximate surface area is 93.1 Å². The standard InChI is InChI=1S/C11H13ClFNO/c12-8-4-3-7(6-9(8)13)11(15)10-2-1-5-14-10/h3-4,6,10-11,14-15H,1-2,5H2/t10-,11?/m1/s1. The fraction of sp³-hybridized carbons (Fsp3) is 0.455. The van der Waals surface area contributed by atoms with Crippen LogP contribution in [-0.2, 0) is 0 Å². The van der Waals surface area contributed by atoms with Gasteiger partial charge in [0.15, 0.2) is 0 Å². The van der Waals surface area contributed by atoms with E-state index in [1.807, 2.05) is 0 Å². The largest absolute Gasteiger partial charge is 0.387 e. The second-order valence-electron chi connectivity index (χ2n) is 3.82. The van der Waals surface area contributed by atoms with E-state index in [1.54, 1.807) is 6.07 Å². The summed E-state index contributed by atoms with van der Waals surface area (Å²) in [5, 5.41) is 13.2. The first kappa shape index (κ1) is 10.9. The first-order valence-corrected chi connectivity index (χ1v) is 5.42. The zero-order valence-corrected chi connectivity index (χ0v) is 8.97. The molecule has 1 fully saturated rings. The highest BCUT2D eigenvalue weighted by atomic mass is 35.5. The van der Waals surface area contributed by atoms with Gasteiger partial charge in [0.2, 0.25) is 0 Å². The molecule has 0 saturated carbocycles. The summed E-state index contributed by atoms with van der Waals surface area (Å²) in [6.45, 7) is 0.914. The molecule has 1 aliphatic heterocycles. The van der Waals surface area contributed by atoms with E-state index in [-0.39, 0.29) is 11.1 Å². The van der Waals surface area contributed by atoms with Gasteiger partial charge in [-0.25, -0.2) is 4.39 Å². The second kappa shape index (κ2) is 4.47. The summed E-state index contributed by atoms with van der Waals surface area (Å²) >= 11 is 5.57. The molecule has 2 atom stereocenters. The molecule has 2 rings (SSSR count). The first-order valence-electron chi connectivity index (χ1n) is 5.05. The highest BCUT2D eigenvalue weighted by Crippen LogP contribution is 2.25. The minimum absolute atomic E-state index is 0.0329. The van der Waals surface area contributed by atoms with Crippen LogP contribution >= 0.6 is 11.6 Å². The van der Waals surface area contributed by atoms with Crippen LogP contribution < -0.4 is 5.32 Å². The van der Waals surface area contributed by atoms with Gasteiger partial charge in [0.1, 0.15) is 5.82 Å². The molecule has 1 unspecified atom stereocenters. The van der Waals surface area contributed by atoms with Crippen LogP contribution in [0.5, 0.6) is 0 Å². The molecule has 1 heterocycles. The minimum Gasteiger partial charge on any atom is -0.387 e. The lowest BCUT2D eigenvalue weighted by Crippen LogP contribution is -2.28. The van der Waals surface area contributed by atoms with Gasteiger partial charge in [-0.05, 0) is 37.1 Å². The Morgan fingerprint density at radius 2 is 2.33 bits per heavy atom. The third-order valence-corrected chi connectivity index (χ3v) is 3.07. The average molecular weight is 230 g/mol. The number of benzene rings is 1. The monoisotopic (exact) mass is 229 g/mol. The van der Waals surface area contributed by atoms with E-state index in [9.17, 15) is 9.50 Å². The van der Waals surface area contributed by atoms with Gasteiger partial charge < -0.3 is 10.4 Å². The zero-order valence-electron chi connectivity index (χ0n) is 8.21. The summed E-state index contributed by atoms with van der Waals surface area (Å²) in [6, 6.07) is 4.47. The maximum absolute atomic E-state index is 13.2. The molecular formula is C11H13ClFNO. The van der Waals surface area contributed by atoms with Crippen LogP contribution in [0, 0.1) is 5.82 Å². The van der Waals surface area contributed by atoms with E-state index < -0.39 is 11.9 Å². The Balaban J connectivity index is 2.17. The number of halogens is 2. The summed E-state index contributed by atoms with van der Waals surface area (Å²) in [4.78, 5) is 0. The van der Waals surface area contributed by atoms with Crippen molar-refractivity contribution >= 4 is 11.6 Å². The number of rotatable bonds is 2. The van der Waals surface area contributed by atoms with Gasteiger partial charge in [-0.15, -0.1) is 0 Å². The van der Waals surface area contributed by atoms with Crippen molar-refractivity contribution < 1.29 is 9.50 Å². The van der Waals surface area contributed by atoms with Crippen LogP contribution in [-0.4, -0.2) is 17.7 Å². The number of aliphatic hydroxyl groups excluding tert-OH is 1. The molecule has 1 aromatic rings. The molecule has 2 nitrogen and oxygen atoms in total. The lowest BCUT2D eigenvalue weighted by Gasteiger charge is -2.18. The van der Waals surface area contributed by atoms with Gasteiger partial charge in [0.25, 0.3) is 0 Å². The van der Waals surface area contributed by atoms with E-state index in [4.69, 9.17) is 11.6 Å². The van der Waals surface area contributed by atoms with E-state index in [1.165, 1.54) is 12.1 Å². The average Bonchev–Trinajstić information content (AvgIpc) is 2.74. The predicted molar refractivity (Wildman–Crippen MR) is 57.4 cm³/mol. The smallest absolute Gasteiger partial charge is 0.142 e. The minimum atomic E-state index is -0.653. The van der Waals surface area contributed by atoms with Crippen molar-refractivity contribution in [1.29, 1.82) is 0 Å². The Morgan fingerprint density at radius 1 is 1.53 bits per heavy atom.